The molecule has 0 bridgehead atoms. The topological polar surface area (TPSA) is 68.3 Å². The van der Waals surface area contributed by atoms with Crippen LogP contribution in [0, 0.1) is 0 Å². The highest BCUT2D eigenvalue weighted by atomic mass is 32.3. The molecule has 2 aromatic rings. The number of sulfone groups is 1. The van der Waals surface area contributed by atoms with E-state index in [4.69, 9.17) is 0 Å². The summed E-state index contributed by atoms with van der Waals surface area (Å²) >= 11 is 0. The molecule has 0 radical (unpaired) electrons. The molecule has 0 spiro atoms. The van der Waals surface area contributed by atoms with Crippen molar-refractivity contribution in [1.29, 1.82) is 0 Å². The lowest BCUT2D eigenvalue weighted by Crippen LogP contribution is -2.41. The van der Waals surface area contributed by atoms with E-state index in [1.165, 1.54) is 36.4 Å². The van der Waals surface area contributed by atoms with Crippen LogP contribution in [0.25, 0.3) is 0 Å². The maximum absolute atomic E-state index is 13.9. The van der Waals surface area contributed by atoms with Crippen molar-refractivity contribution in [3.05, 3.63) is 48.5 Å². The van der Waals surface area contributed by atoms with Crippen molar-refractivity contribution >= 4 is 33.3 Å². The normalized spacial score (nSPS) is 13.0. The van der Waals surface area contributed by atoms with Crippen molar-refractivity contribution in [3.63, 3.8) is 0 Å². The van der Waals surface area contributed by atoms with E-state index in [9.17, 15) is 20.7 Å². The van der Waals surface area contributed by atoms with Gasteiger partial charge < -0.3 is 0 Å². The average molecular weight is 373 g/mol. The summed E-state index contributed by atoms with van der Waals surface area (Å²) in [6.45, 7) is 5.49. The van der Waals surface area contributed by atoms with Gasteiger partial charge in [-0.15, -0.1) is 3.89 Å². The highest BCUT2D eigenvalue weighted by Crippen LogP contribution is 2.28. The first kappa shape index (κ1) is 17.8. The van der Waals surface area contributed by atoms with Crippen molar-refractivity contribution in [2.24, 2.45) is 0 Å². The number of rotatable bonds is 4. The Morgan fingerprint density at radius 2 is 1.39 bits per heavy atom. The molecule has 0 fully saturated rings. The van der Waals surface area contributed by atoms with E-state index in [2.05, 4.69) is 0 Å². The summed E-state index contributed by atoms with van der Waals surface area (Å²) in [5, 5.41) is 0.261. The first-order valence-electron chi connectivity index (χ1n) is 6.84. The van der Waals surface area contributed by atoms with Crippen LogP contribution in [-0.2, 0) is 20.1 Å². The fourth-order valence-corrected chi connectivity index (χ4v) is 7.73. The molecular formula is C15H17FO4S2Si. The molecule has 0 unspecified atom stereocenters. The zero-order valence-corrected chi connectivity index (χ0v) is 15.6. The van der Waals surface area contributed by atoms with Crippen LogP contribution >= 0.6 is 0 Å². The van der Waals surface area contributed by atoms with Crippen molar-refractivity contribution in [1.82, 2.24) is 0 Å². The largest absolute Gasteiger partial charge is 0.333 e. The van der Waals surface area contributed by atoms with Gasteiger partial charge in [0, 0.05) is 0 Å². The Morgan fingerprint density at radius 3 is 1.87 bits per heavy atom. The van der Waals surface area contributed by atoms with Crippen LogP contribution in [0.4, 0.5) is 3.89 Å². The predicted octanol–water partition coefficient (Wildman–Crippen LogP) is 2.72. The summed E-state index contributed by atoms with van der Waals surface area (Å²) in [6, 6.07) is 11.5. The second-order valence-corrected chi connectivity index (χ2v) is 14.4. The van der Waals surface area contributed by atoms with Crippen LogP contribution < -0.4 is 5.19 Å². The summed E-state index contributed by atoms with van der Waals surface area (Å²) in [4.78, 5) is -1.30. The van der Waals surface area contributed by atoms with Gasteiger partial charge in [0.05, 0.1) is 17.9 Å². The van der Waals surface area contributed by atoms with Crippen LogP contribution in [-0.4, -0.2) is 24.9 Å². The van der Waals surface area contributed by atoms with E-state index in [0.717, 1.165) is 6.07 Å². The lowest BCUT2D eigenvalue weighted by Gasteiger charge is -2.21. The number of benzene rings is 2. The lowest BCUT2D eigenvalue weighted by molar-refractivity contribution is 0.547. The highest BCUT2D eigenvalue weighted by Gasteiger charge is 2.34. The van der Waals surface area contributed by atoms with Crippen molar-refractivity contribution in [2.45, 2.75) is 34.3 Å². The van der Waals surface area contributed by atoms with Gasteiger partial charge in [0.25, 0.3) is 0 Å². The smallest absolute Gasteiger partial charge is 0.218 e. The van der Waals surface area contributed by atoms with Crippen LogP contribution in [0.3, 0.4) is 0 Å². The molecule has 0 aromatic heterocycles. The first-order chi connectivity index (χ1) is 10.5. The molecule has 124 valence electrons. The zero-order chi connectivity index (χ0) is 17.5. The number of halogens is 1. The van der Waals surface area contributed by atoms with Gasteiger partial charge in [-0.25, -0.2) is 8.42 Å². The van der Waals surface area contributed by atoms with E-state index >= 15 is 0 Å². The van der Waals surface area contributed by atoms with Gasteiger partial charge in [0.15, 0.2) is 0 Å². The van der Waals surface area contributed by atoms with Gasteiger partial charge in [-0.2, -0.15) is 8.42 Å². The number of hydrogen-bond donors (Lipinski definition) is 0. The van der Waals surface area contributed by atoms with E-state index in [1.807, 2.05) is 19.6 Å². The van der Waals surface area contributed by atoms with Gasteiger partial charge >= 0.3 is 10.2 Å². The van der Waals surface area contributed by atoms with Crippen molar-refractivity contribution in [3.8, 4) is 0 Å². The van der Waals surface area contributed by atoms with E-state index in [1.54, 1.807) is 6.07 Å². The summed E-state index contributed by atoms with van der Waals surface area (Å²) in [5.41, 5.74) is 0. The maximum Gasteiger partial charge on any atom is 0.333 e. The molecule has 0 atom stereocenters. The molecule has 2 rings (SSSR count). The van der Waals surface area contributed by atoms with Crippen LogP contribution in [0.15, 0.2) is 63.2 Å². The standard InChI is InChI=1S/C15H17FO4S2Si/c1-23(2,3)14-11-7-10-13(15(14)22(16,19)20)21(17,18)12-8-5-4-6-9-12/h4-11H,1-3H3. The lowest BCUT2D eigenvalue weighted by atomic mass is 10.3. The summed E-state index contributed by atoms with van der Waals surface area (Å²) in [7, 11) is -11.6. The van der Waals surface area contributed by atoms with Gasteiger partial charge in [-0.05, 0) is 23.4 Å². The van der Waals surface area contributed by atoms with Gasteiger partial charge in [-0.3, -0.25) is 0 Å². The molecule has 2 aromatic carbocycles. The Labute approximate surface area is 137 Å². The van der Waals surface area contributed by atoms with Gasteiger partial charge in [-0.1, -0.05) is 50.0 Å². The van der Waals surface area contributed by atoms with Crippen molar-refractivity contribution in [2.75, 3.05) is 0 Å². The Kier molecular flexibility index (Phi) is 4.53. The minimum absolute atomic E-state index is 0.0716. The third kappa shape index (κ3) is 3.54. The highest BCUT2D eigenvalue weighted by molar-refractivity contribution is 7.93. The van der Waals surface area contributed by atoms with Crippen molar-refractivity contribution < 1.29 is 20.7 Å². The molecule has 0 N–H and O–H groups in total. The maximum atomic E-state index is 13.9. The Bertz CT molecular complexity index is 931. The quantitative estimate of drug-likeness (QED) is 0.611. The first-order valence-corrected chi connectivity index (χ1v) is 13.2. The summed E-state index contributed by atoms with van der Waals surface area (Å²) < 4.78 is 62.9. The van der Waals surface area contributed by atoms with E-state index < -0.39 is 37.9 Å². The Balaban J connectivity index is 2.90. The fraction of sp³-hybridized carbons (Fsp3) is 0.200. The van der Waals surface area contributed by atoms with Gasteiger partial charge in [0.2, 0.25) is 9.84 Å². The van der Waals surface area contributed by atoms with E-state index in [0.29, 0.717) is 0 Å². The average Bonchev–Trinajstić information content (AvgIpc) is 2.45. The zero-order valence-electron chi connectivity index (χ0n) is 12.9. The third-order valence-corrected chi connectivity index (χ3v) is 8.46. The molecule has 0 aliphatic heterocycles. The SMILES string of the molecule is C[Si](C)(C)c1cccc(S(=O)(=O)c2ccccc2)c1S(=O)(=O)F. The molecule has 0 heterocycles. The second kappa shape index (κ2) is 5.84. The third-order valence-electron chi connectivity index (χ3n) is 3.37. The van der Waals surface area contributed by atoms with Crippen LogP contribution in [0.1, 0.15) is 0 Å². The molecule has 0 saturated heterocycles. The molecule has 0 amide bonds. The van der Waals surface area contributed by atoms with Crippen LogP contribution in [0.5, 0.6) is 0 Å². The van der Waals surface area contributed by atoms with Crippen LogP contribution in [0.2, 0.25) is 19.6 Å². The monoisotopic (exact) mass is 372 g/mol. The summed E-state index contributed by atoms with van der Waals surface area (Å²) in [6.07, 6.45) is 0. The predicted molar refractivity (Wildman–Crippen MR) is 89.6 cm³/mol. The minimum Gasteiger partial charge on any atom is -0.218 e. The molecule has 0 saturated carbocycles. The summed E-state index contributed by atoms with van der Waals surface area (Å²) in [5.74, 6) is 0. The molecule has 4 nitrogen and oxygen atoms in total. The number of hydrogen-bond acceptors (Lipinski definition) is 4. The van der Waals surface area contributed by atoms with E-state index in [-0.39, 0.29) is 10.1 Å². The Hall–Kier alpha value is -1.51. The Morgan fingerprint density at radius 1 is 0.826 bits per heavy atom. The second-order valence-electron chi connectivity index (χ2n) is 6.14. The molecule has 0 aliphatic carbocycles. The van der Waals surface area contributed by atoms with Gasteiger partial charge in [0.1, 0.15) is 4.90 Å². The molecule has 8 heteroatoms. The minimum atomic E-state index is -5.18. The molecule has 0 aliphatic rings. The fourth-order valence-electron chi connectivity index (χ4n) is 2.30. The molecule has 23 heavy (non-hydrogen) atoms. The molecular weight excluding hydrogens is 355 g/mol.